The van der Waals surface area contributed by atoms with Gasteiger partial charge in [0.25, 0.3) is 5.69 Å². The van der Waals surface area contributed by atoms with Gasteiger partial charge in [0.15, 0.2) is 0 Å². The molecule has 1 aliphatic heterocycles. The molecule has 0 saturated carbocycles. The Labute approximate surface area is 208 Å². The standard InChI is InChI=1S/C27H25N3O6/c1-18-23(26(31)35-16-6-10-20-8-4-3-5-9-20)25(21-11-13-22(14-12-21)30(33)34)24(19(2)29-18)27(32)36-17-7-15-28/h3-6,8-14,25,29H,7,16-17H2,1-2H3/b10-6+. The highest BCUT2D eigenvalue weighted by Gasteiger charge is 2.38. The Kier molecular flexibility index (Phi) is 8.73. The molecule has 0 spiro atoms. The summed E-state index contributed by atoms with van der Waals surface area (Å²) < 4.78 is 10.8. The molecule has 0 bridgehead atoms. The number of nitro groups is 1. The Morgan fingerprint density at radius 3 is 2.22 bits per heavy atom. The summed E-state index contributed by atoms with van der Waals surface area (Å²) in [6.07, 6.45) is 3.55. The SMILES string of the molecule is CC1=C(C(=O)OC/C=C/c2ccccc2)C(c2ccc([N+](=O)[O-])cc2)C(C(=O)OCCC#N)=C(C)N1. The van der Waals surface area contributed by atoms with Crippen LogP contribution < -0.4 is 5.32 Å². The smallest absolute Gasteiger partial charge is 0.337 e. The number of rotatable bonds is 9. The van der Waals surface area contributed by atoms with E-state index in [0.717, 1.165) is 5.56 Å². The van der Waals surface area contributed by atoms with Gasteiger partial charge in [-0.1, -0.05) is 48.5 Å². The quantitative estimate of drug-likeness (QED) is 0.236. The molecule has 1 atom stereocenters. The van der Waals surface area contributed by atoms with Crippen molar-refractivity contribution in [3.63, 3.8) is 0 Å². The predicted molar refractivity (Wildman–Crippen MR) is 132 cm³/mol. The maximum atomic E-state index is 13.2. The summed E-state index contributed by atoms with van der Waals surface area (Å²) >= 11 is 0. The molecule has 2 aromatic carbocycles. The minimum absolute atomic E-state index is 0.00212. The first kappa shape index (κ1) is 25.9. The van der Waals surface area contributed by atoms with E-state index >= 15 is 0 Å². The third-order valence-corrected chi connectivity index (χ3v) is 5.50. The molecular weight excluding hydrogens is 462 g/mol. The minimum atomic E-state index is -0.882. The van der Waals surface area contributed by atoms with Crippen molar-refractivity contribution in [2.45, 2.75) is 26.2 Å². The molecular formula is C27H25N3O6. The summed E-state index contributed by atoms with van der Waals surface area (Å²) in [5, 5.41) is 22.9. The van der Waals surface area contributed by atoms with Gasteiger partial charge in [0, 0.05) is 23.5 Å². The highest BCUT2D eigenvalue weighted by atomic mass is 16.6. The average molecular weight is 488 g/mol. The molecule has 36 heavy (non-hydrogen) atoms. The number of nitrogens with one attached hydrogen (secondary N) is 1. The van der Waals surface area contributed by atoms with E-state index in [1.807, 2.05) is 42.5 Å². The van der Waals surface area contributed by atoms with Crippen LogP contribution in [0.25, 0.3) is 6.08 Å². The highest BCUT2D eigenvalue weighted by molar-refractivity contribution is 6.00. The number of carbonyl (C=O) groups is 2. The number of carbonyl (C=O) groups excluding carboxylic acids is 2. The van der Waals surface area contributed by atoms with Crippen LogP contribution in [0.2, 0.25) is 0 Å². The lowest BCUT2D eigenvalue weighted by Gasteiger charge is -2.30. The largest absolute Gasteiger partial charge is 0.461 e. The summed E-state index contributed by atoms with van der Waals surface area (Å²) in [5.74, 6) is -2.22. The number of ether oxygens (including phenoxy) is 2. The molecule has 3 rings (SSSR count). The lowest BCUT2D eigenvalue weighted by atomic mass is 9.80. The number of non-ortho nitro benzene ring substituents is 1. The molecule has 9 nitrogen and oxygen atoms in total. The number of esters is 2. The monoisotopic (exact) mass is 487 g/mol. The fourth-order valence-corrected chi connectivity index (χ4v) is 3.87. The number of hydrogen-bond acceptors (Lipinski definition) is 8. The summed E-state index contributed by atoms with van der Waals surface area (Å²) in [7, 11) is 0. The lowest BCUT2D eigenvalue weighted by molar-refractivity contribution is -0.384. The normalized spacial score (nSPS) is 15.3. The van der Waals surface area contributed by atoms with E-state index in [1.54, 1.807) is 19.9 Å². The summed E-state index contributed by atoms with van der Waals surface area (Å²) in [5.41, 5.74) is 2.63. The van der Waals surface area contributed by atoms with Gasteiger partial charge >= 0.3 is 11.9 Å². The fraction of sp³-hybridized carbons (Fsp3) is 0.222. The Morgan fingerprint density at radius 2 is 1.64 bits per heavy atom. The van der Waals surface area contributed by atoms with Gasteiger partial charge in [0.05, 0.1) is 34.5 Å². The van der Waals surface area contributed by atoms with Crippen LogP contribution in [0.5, 0.6) is 0 Å². The van der Waals surface area contributed by atoms with E-state index in [2.05, 4.69) is 5.32 Å². The van der Waals surface area contributed by atoms with Crippen LogP contribution in [-0.4, -0.2) is 30.1 Å². The Morgan fingerprint density at radius 1 is 1.03 bits per heavy atom. The molecule has 184 valence electrons. The molecule has 0 amide bonds. The Hall–Kier alpha value is -4.71. The van der Waals surface area contributed by atoms with Gasteiger partial charge in [0.1, 0.15) is 13.2 Å². The third-order valence-electron chi connectivity index (χ3n) is 5.50. The van der Waals surface area contributed by atoms with E-state index < -0.39 is 22.8 Å². The van der Waals surface area contributed by atoms with Crippen LogP contribution in [0.4, 0.5) is 5.69 Å². The van der Waals surface area contributed by atoms with Gasteiger partial charge in [-0.05, 0) is 31.1 Å². The molecule has 1 heterocycles. The predicted octanol–water partition coefficient (Wildman–Crippen LogP) is 4.54. The molecule has 2 aromatic rings. The van der Waals surface area contributed by atoms with E-state index in [4.69, 9.17) is 14.7 Å². The Bertz CT molecular complexity index is 1270. The zero-order chi connectivity index (χ0) is 26.1. The topological polar surface area (TPSA) is 132 Å². The van der Waals surface area contributed by atoms with Gasteiger partial charge in [-0.15, -0.1) is 0 Å². The molecule has 0 aromatic heterocycles. The molecule has 1 unspecified atom stereocenters. The van der Waals surface area contributed by atoms with Crippen LogP contribution in [0.3, 0.4) is 0 Å². The van der Waals surface area contributed by atoms with Crippen molar-refractivity contribution < 1.29 is 24.0 Å². The number of dihydropyridines is 1. The first-order valence-electron chi connectivity index (χ1n) is 11.2. The summed E-state index contributed by atoms with van der Waals surface area (Å²) in [4.78, 5) is 36.8. The molecule has 1 N–H and O–H groups in total. The third kappa shape index (κ3) is 6.24. The van der Waals surface area contributed by atoms with Crippen LogP contribution in [0, 0.1) is 21.4 Å². The van der Waals surface area contributed by atoms with Crippen molar-refractivity contribution in [3.8, 4) is 6.07 Å². The maximum Gasteiger partial charge on any atom is 0.337 e. The van der Waals surface area contributed by atoms with Crippen LogP contribution in [0.15, 0.2) is 83.2 Å². The molecule has 9 heteroatoms. The van der Waals surface area contributed by atoms with Gasteiger partial charge in [-0.25, -0.2) is 9.59 Å². The first-order chi connectivity index (χ1) is 17.3. The number of allylic oxidation sites excluding steroid dienone is 2. The van der Waals surface area contributed by atoms with E-state index in [9.17, 15) is 19.7 Å². The number of nitro benzene ring substituents is 1. The van der Waals surface area contributed by atoms with Gasteiger partial charge < -0.3 is 14.8 Å². The minimum Gasteiger partial charge on any atom is -0.461 e. The second-order valence-corrected chi connectivity index (χ2v) is 7.94. The van der Waals surface area contributed by atoms with Crippen molar-refractivity contribution >= 4 is 23.7 Å². The van der Waals surface area contributed by atoms with Gasteiger partial charge in [-0.3, -0.25) is 10.1 Å². The summed E-state index contributed by atoms with van der Waals surface area (Å²) in [6, 6.07) is 17.1. The van der Waals surface area contributed by atoms with Crippen molar-refractivity contribution in [1.82, 2.24) is 5.32 Å². The summed E-state index contributed by atoms with van der Waals surface area (Å²) in [6.45, 7) is 3.26. The van der Waals surface area contributed by atoms with Crippen molar-refractivity contribution in [3.05, 3.63) is 104 Å². The van der Waals surface area contributed by atoms with Crippen molar-refractivity contribution in [2.24, 2.45) is 0 Å². The van der Waals surface area contributed by atoms with E-state index in [0.29, 0.717) is 17.0 Å². The average Bonchev–Trinajstić information content (AvgIpc) is 2.86. The second kappa shape index (κ2) is 12.1. The van der Waals surface area contributed by atoms with Crippen LogP contribution in [-0.2, 0) is 19.1 Å². The molecule has 0 radical (unpaired) electrons. The number of nitriles is 1. The number of hydrogen-bond donors (Lipinski definition) is 1. The van der Waals surface area contributed by atoms with Crippen LogP contribution >= 0.6 is 0 Å². The maximum absolute atomic E-state index is 13.2. The van der Waals surface area contributed by atoms with Crippen molar-refractivity contribution in [2.75, 3.05) is 13.2 Å². The first-order valence-corrected chi connectivity index (χ1v) is 11.2. The molecule has 0 fully saturated rings. The van der Waals surface area contributed by atoms with Gasteiger partial charge in [0.2, 0.25) is 0 Å². The van der Waals surface area contributed by atoms with Crippen molar-refractivity contribution in [1.29, 1.82) is 5.26 Å². The zero-order valence-electron chi connectivity index (χ0n) is 19.9. The Balaban J connectivity index is 1.92. The fourth-order valence-electron chi connectivity index (χ4n) is 3.87. The second-order valence-electron chi connectivity index (χ2n) is 7.94. The lowest BCUT2D eigenvalue weighted by Crippen LogP contribution is -2.32. The highest BCUT2D eigenvalue weighted by Crippen LogP contribution is 2.39. The van der Waals surface area contributed by atoms with E-state index in [1.165, 1.54) is 24.3 Å². The van der Waals surface area contributed by atoms with Crippen LogP contribution in [0.1, 0.15) is 37.3 Å². The number of nitrogens with zero attached hydrogens (tertiary/aromatic N) is 2. The zero-order valence-corrected chi connectivity index (χ0v) is 19.9. The molecule has 0 saturated heterocycles. The van der Waals surface area contributed by atoms with E-state index in [-0.39, 0.29) is 36.5 Å². The van der Waals surface area contributed by atoms with Gasteiger partial charge in [-0.2, -0.15) is 5.26 Å². The number of benzene rings is 2. The molecule has 1 aliphatic rings. The molecule has 0 aliphatic carbocycles.